The Kier molecular flexibility index (Phi) is 7.48. The van der Waals surface area contributed by atoms with Gasteiger partial charge in [0.1, 0.15) is 11.9 Å². The minimum Gasteiger partial charge on any atom is -0.480 e. The second kappa shape index (κ2) is 9.11. The predicted molar refractivity (Wildman–Crippen MR) is 80.6 cm³/mol. The number of nitrogens with one attached hydrogen (secondary N) is 1. The number of hydrogen-bond acceptors (Lipinski definition) is 4. The predicted octanol–water partition coefficient (Wildman–Crippen LogP) is 0.394. The number of carboxylic acid groups (broad SMARTS) is 1. The minimum atomic E-state index is -1.19. The van der Waals surface area contributed by atoms with Crippen molar-refractivity contribution in [2.45, 2.75) is 37.8 Å². The summed E-state index contributed by atoms with van der Waals surface area (Å²) in [6, 6.07) is 3.68. The van der Waals surface area contributed by atoms with E-state index in [9.17, 15) is 19.1 Å². The molecule has 0 saturated heterocycles. The summed E-state index contributed by atoms with van der Waals surface area (Å²) < 4.78 is 13.1. The Bertz CT molecular complexity index is 511. The molecule has 0 radical (unpaired) electrons. The molecule has 0 fully saturated rings. The number of carbonyl (C=O) groups excluding carboxylic acids is 1. The summed E-state index contributed by atoms with van der Waals surface area (Å²) in [4.78, 5) is 23.1. The minimum absolute atomic E-state index is 0.00560. The molecule has 0 heterocycles. The highest BCUT2D eigenvalue weighted by molar-refractivity contribution is 5.86. The largest absolute Gasteiger partial charge is 0.480 e. The van der Waals surface area contributed by atoms with Crippen LogP contribution in [0, 0.1) is 5.82 Å². The van der Waals surface area contributed by atoms with Crippen molar-refractivity contribution in [3.8, 4) is 0 Å². The number of carbonyl (C=O) groups is 2. The zero-order valence-corrected chi connectivity index (χ0v) is 12.3. The molecule has 0 bridgehead atoms. The third kappa shape index (κ3) is 6.19. The van der Waals surface area contributed by atoms with Crippen LogP contribution in [-0.4, -0.2) is 35.6 Å². The molecule has 6 nitrogen and oxygen atoms in total. The smallest absolute Gasteiger partial charge is 0.326 e. The fraction of sp³-hybridized carbons (Fsp3) is 0.467. The van der Waals surface area contributed by atoms with Crippen LogP contribution in [0.15, 0.2) is 24.3 Å². The van der Waals surface area contributed by atoms with Gasteiger partial charge in [-0.2, -0.15) is 0 Å². The molecule has 122 valence electrons. The summed E-state index contributed by atoms with van der Waals surface area (Å²) in [5, 5.41) is 11.6. The molecule has 2 atom stereocenters. The Morgan fingerprint density at radius 3 is 2.64 bits per heavy atom. The van der Waals surface area contributed by atoms with Crippen LogP contribution in [0.5, 0.6) is 0 Å². The quantitative estimate of drug-likeness (QED) is 0.492. The molecule has 1 aromatic carbocycles. The van der Waals surface area contributed by atoms with Gasteiger partial charge in [-0.1, -0.05) is 18.6 Å². The van der Waals surface area contributed by atoms with Gasteiger partial charge in [0.05, 0.1) is 6.04 Å². The third-order valence-corrected chi connectivity index (χ3v) is 3.25. The highest BCUT2D eigenvalue weighted by atomic mass is 19.1. The number of halogens is 1. The average Bonchev–Trinajstić information content (AvgIpc) is 2.46. The van der Waals surface area contributed by atoms with E-state index in [1.807, 2.05) is 0 Å². The Hall–Kier alpha value is -1.99. The van der Waals surface area contributed by atoms with Gasteiger partial charge in [0.15, 0.2) is 0 Å². The maximum atomic E-state index is 13.1. The molecule has 22 heavy (non-hydrogen) atoms. The van der Waals surface area contributed by atoms with Gasteiger partial charge in [-0.25, -0.2) is 9.18 Å². The van der Waals surface area contributed by atoms with Gasteiger partial charge in [-0.3, -0.25) is 4.79 Å². The van der Waals surface area contributed by atoms with Gasteiger partial charge in [0.2, 0.25) is 5.91 Å². The van der Waals surface area contributed by atoms with E-state index in [0.717, 1.165) is 6.42 Å². The Balaban J connectivity index is 2.60. The van der Waals surface area contributed by atoms with E-state index < -0.39 is 29.8 Å². The van der Waals surface area contributed by atoms with Crippen LogP contribution in [0.2, 0.25) is 0 Å². The summed E-state index contributed by atoms with van der Waals surface area (Å²) in [5.74, 6) is -2.17. The van der Waals surface area contributed by atoms with Gasteiger partial charge in [0, 0.05) is 6.42 Å². The molecule has 1 unspecified atom stereocenters. The first-order valence-electron chi connectivity index (χ1n) is 7.17. The number of hydrogen-bond donors (Lipinski definition) is 4. The van der Waals surface area contributed by atoms with Crippen molar-refractivity contribution in [3.05, 3.63) is 35.6 Å². The number of carboxylic acids is 1. The first-order chi connectivity index (χ1) is 10.4. The van der Waals surface area contributed by atoms with Crippen LogP contribution >= 0.6 is 0 Å². The van der Waals surface area contributed by atoms with E-state index in [-0.39, 0.29) is 6.42 Å². The molecule has 6 N–H and O–H groups in total. The average molecular weight is 311 g/mol. The number of benzene rings is 1. The summed E-state index contributed by atoms with van der Waals surface area (Å²) in [6.07, 6.45) is 1.89. The first-order valence-corrected chi connectivity index (χ1v) is 7.17. The molecule has 0 aromatic heterocycles. The third-order valence-electron chi connectivity index (χ3n) is 3.25. The van der Waals surface area contributed by atoms with Crippen molar-refractivity contribution in [3.63, 3.8) is 0 Å². The Morgan fingerprint density at radius 1 is 1.32 bits per heavy atom. The van der Waals surface area contributed by atoms with Crippen LogP contribution in [0.3, 0.4) is 0 Å². The second-order valence-corrected chi connectivity index (χ2v) is 5.12. The van der Waals surface area contributed by atoms with Gasteiger partial charge < -0.3 is 21.9 Å². The van der Waals surface area contributed by atoms with Gasteiger partial charge in [0.25, 0.3) is 0 Å². The Labute approximate surface area is 128 Å². The SMILES string of the molecule is NCCCC[C@H](N)C(=O)NC(Cc1cccc(F)c1)C(=O)O. The van der Waals surface area contributed by atoms with E-state index in [1.165, 1.54) is 18.2 Å². The van der Waals surface area contributed by atoms with Crippen LogP contribution in [0.25, 0.3) is 0 Å². The van der Waals surface area contributed by atoms with E-state index >= 15 is 0 Å². The molecule has 1 rings (SSSR count). The van der Waals surface area contributed by atoms with Gasteiger partial charge in [-0.15, -0.1) is 0 Å². The molecule has 1 amide bonds. The van der Waals surface area contributed by atoms with Gasteiger partial charge >= 0.3 is 5.97 Å². The molecule has 0 saturated carbocycles. The highest BCUT2D eigenvalue weighted by Gasteiger charge is 2.23. The number of unbranched alkanes of at least 4 members (excludes halogenated alkanes) is 1. The van der Waals surface area contributed by atoms with Crippen LogP contribution in [0.4, 0.5) is 4.39 Å². The monoisotopic (exact) mass is 311 g/mol. The molecule has 0 aliphatic carbocycles. The second-order valence-electron chi connectivity index (χ2n) is 5.12. The van der Waals surface area contributed by atoms with E-state index in [2.05, 4.69) is 5.32 Å². The number of amides is 1. The first kappa shape index (κ1) is 18.1. The zero-order chi connectivity index (χ0) is 16.5. The van der Waals surface area contributed by atoms with E-state index in [1.54, 1.807) is 6.07 Å². The van der Waals surface area contributed by atoms with Crippen LogP contribution < -0.4 is 16.8 Å². The molecule has 1 aromatic rings. The lowest BCUT2D eigenvalue weighted by Crippen LogP contribution is -2.49. The lowest BCUT2D eigenvalue weighted by Gasteiger charge is -2.18. The number of nitrogens with two attached hydrogens (primary N) is 2. The standard InChI is InChI=1S/C15H22FN3O3/c16-11-5-3-4-10(8-11)9-13(15(21)22)19-14(20)12(18)6-1-2-7-17/h3-5,8,12-13H,1-2,6-7,9,17-18H2,(H,19,20)(H,21,22)/t12-,13?/m0/s1. The van der Waals surface area contributed by atoms with Crippen molar-refractivity contribution >= 4 is 11.9 Å². The summed E-state index contributed by atoms with van der Waals surface area (Å²) >= 11 is 0. The van der Waals surface area contributed by atoms with Crippen LogP contribution in [0.1, 0.15) is 24.8 Å². The topological polar surface area (TPSA) is 118 Å². The maximum Gasteiger partial charge on any atom is 0.326 e. The number of rotatable bonds is 9. The molecule has 0 aliphatic heterocycles. The fourth-order valence-electron chi connectivity index (χ4n) is 2.02. The zero-order valence-electron chi connectivity index (χ0n) is 12.3. The molecule has 0 spiro atoms. The van der Waals surface area contributed by atoms with Crippen molar-refractivity contribution in [2.75, 3.05) is 6.54 Å². The van der Waals surface area contributed by atoms with Gasteiger partial charge in [-0.05, 0) is 37.1 Å². The van der Waals surface area contributed by atoms with E-state index in [4.69, 9.17) is 11.5 Å². The molecular formula is C15H22FN3O3. The maximum absolute atomic E-state index is 13.1. The van der Waals surface area contributed by atoms with Crippen molar-refractivity contribution in [1.82, 2.24) is 5.32 Å². The summed E-state index contributed by atoms with van der Waals surface area (Å²) in [5.41, 5.74) is 11.6. The van der Waals surface area contributed by atoms with Crippen molar-refractivity contribution in [2.24, 2.45) is 11.5 Å². The summed E-state index contributed by atoms with van der Waals surface area (Å²) in [6.45, 7) is 0.520. The normalized spacial score (nSPS) is 13.4. The van der Waals surface area contributed by atoms with E-state index in [0.29, 0.717) is 24.9 Å². The fourth-order valence-corrected chi connectivity index (χ4v) is 2.02. The van der Waals surface area contributed by atoms with Crippen molar-refractivity contribution in [1.29, 1.82) is 0 Å². The Morgan fingerprint density at radius 2 is 2.05 bits per heavy atom. The van der Waals surface area contributed by atoms with Crippen molar-refractivity contribution < 1.29 is 19.1 Å². The lowest BCUT2D eigenvalue weighted by molar-refractivity contribution is -0.142. The molecule has 7 heteroatoms. The van der Waals surface area contributed by atoms with Crippen LogP contribution in [-0.2, 0) is 16.0 Å². The highest BCUT2D eigenvalue weighted by Crippen LogP contribution is 2.07. The molecular weight excluding hydrogens is 289 g/mol. The molecule has 0 aliphatic rings. The lowest BCUT2D eigenvalue weighted by atomic mass is 10.0. The summed E-state index contributed by atoms with van der Waals surface area (Å²) in [7, 11) is 0. The number of aliphatic carboxylic acids is 1.